The van der Waals surface area contributed by atoms with E-state index in [2.05, 4.69) is 46.7 Å². The first-order chi connectivity index (χ1) is 11.7. The lowest BCUT2D eigenvalue weighted by Gasteiger charge is -2.21. The third kappa shape index (κ3) is 2.63. The normalized spacial score (nSPS) is 16.8. The maximum atomic E-state index is 10.8. The molecular weight excluding hydrogens is 302 g/mol. The zero-order valence-corrected chi connectivity index (χ0v) is 13.3. The number of para-hydroxylation sites is 1. The van der Waals surface area contributed by atoms with E-state index in [0.29, 0.717) is 5.75 Å². The molecule has 1 amide bonds. The fourth-order valence-corrected chi connectivity index (χ4v) is 3.50. The summed E-state index contributed by atoms with van der Waals surface area (Å²) in [5.74, 6) is 0.188. The van der Waals surface area contributed by atoms with Gasteiger partial charge in [0.1, 0.15) is 5.75 Å². The number of nitrogens with one attached hydrogen (secondary N) is 1. The minimum atomic E-state index is -0.470. The van der Waals surface area contributed by atoms with Gasteiger partial charge in [0.2, 0.25) is 0 Å². The number of quaternary nitrogens is 1. The first-order valence-electron chi connectivity index (χ1n) is 8.16. The highest BCUT2D eigenvalue weighted by atomic mass is 16.5. The van der Waals surface area contributed by atoms with Crippen molar-refractivity contribution in [3.05, 3.63) is 65.4 Å². The first-order valence-corrected chi connectivity index (χ1v) is 8.16. The predicted molar refractivity (Wildman–Crippen MR) is 91.8 cm³/mol. The molecule has 0 bridgehead atoms. The van der Waals surface area contributed by atoms with Crippen molar-refractivity contribution in [2.45, 2.75) is 12.5 Å². The third-order valence-electron chi connectivity index (χ3n) is 4.57. The van der Waals surface area contributed by atoms with Crippen LogP contribution in [0.15, 0.2) is 48.5 Å². The van der Waals surface area contributed by atoms with E-state index in [1.807, 2.05) is 12.1 Å². The highest BCUT2D eigenvalue weighted by molar-refractivity contribution is 5.85. The molecule has 0 spiro atoms. The summed E-state index contributed by atoms with van der Waals surface area (Å²) in [6.07, 6.45) is 1.08. The van der Waals surface area contributed by atoms with Gasteiger partial charge in [-0.25, -0.2) is 0 Å². The number of aromatic nitrogens is 1. The molecule has 0 aliphatic carbocycles. The quantitative estimate of drug-likeness (QED) is 0.675. The number of nitrogens with two attached hydrogens (primary N) is 2. The molecule has 5 N–H and O–H groups in total. The lowest BCUT2D eigenvalue weighted by atomic mass is 9.94. The molecule has 1 atom stereocenters. The van der Waals surface area contributed by atoms with E-state index in [9.17, 15) is 4.79 Å². The average molecular weight is 322 g/mol. The standard InChI is InChI=1S/C19H19N3O2/c20-17(23)11-24-13-7-5-12(6-8-13)18-19-15(9-10-21-18)14-3-1-2-4-16(14)22-19/h1-8,18,21-22H,9-11H2,(H2,20,23)/p+1/t18-/m0/s1. The van der Waals surface area contributed by atoms with Crippen LogP contribution in [0.3, 0.4) is 0 Å². The summed E-state index contributed by atoms with van der Waals surface area (Å²) >= 11 is 0. The third-order valence-corrected chi connectivity index (χ3v) is 4.57. The Morgan fingerprint density at radius 2 is 2.00 bits per heavy atom. The first kappa shape index (κ1) is 14.8. The number of primary amides is 1. The number of rotatable bonds is 4. The van der Waals surface area contributed by atoms with E-state index < -0.39 is 5.91 Å². The van der Waals surface area contributed by atoms with E-state index in [1.165, 1.54) is 27.7 Å². The molecule has 2 aromatic carbocycles. The van der Waals surface area contributed by atoms with Gasteiger partial charge in [-0.2, -0.15) is 0 Å². The van der Waals surface area contributed by atoms with Gasteiger partial charge in [-0.05, 0) is 35.9 Å². The number of hydrogen-bond acceptors (Lipinski definition) is 2. The minimum Gasteiger partial charge on any atom is -0.484 e. The molecule has 0 fully saturated rings. The Labute approximate surface area is 139 Å². The number of carbonyl (C=O) groups is 1. The van der Waals surface area contributed by atoms with E-state index in [0.717, 1.165) is 13.0 Å². The largest absolute Gasteiger partial charge is 0.484 e. The molecule has 5 nitrogen and oxygen atoms in total. The van der Waals surface area contributed by atoms with Crippen LogP contribution in [0.4, 0.5) is 0 Å². The van der Waals surface area contributed by atoms with Crippen molar-refractivity contribution in [1.29, 1.82) is 0 Å². The number of aromatic amines is 1. The van der Waals surface area contributed by atoms with E-state index in [1.54, 1.807) is 0 Å². The highest BCUT2D eigenvalue weighted by Gasteiger charge is 2.28. The monoisotopic (exact) mass is 322 g/mol. The fourth-order valence-electron chi connectivity index (χ4n) is 3.50. The molecule has 0 saturated carbocycles. The molecule has 0 radical (unpaired) electrons. The molecule has 122 valence electrons. The summed E-state index contributed by atoms with van der Waals surface area (Å²) in [6, 6.07) is 16.6. The topological polar surface area (TPSA) is 84.7 Å². The van der Waals surface area contributed by atoms with Crippen molar-refractivity contribution >= 4 is 16.8 Å². The number of hydrogen-bond donors (Lipinski definition) is 3. The van der Waals surface area contributed by atoms with Crippen LogP contribution in [0.25, 0.3) is 10.9 Å². The van der Waals surface area contributed by atoms with E-state index in [4.69, 9.17) is 10.5 Å². The number of amides is 1. The number of fused-ring (bicyclic) bond motifs is 3. The van der Waals surface area contributed by atoms with Crippen LogP contribution < -0.4 is 15.8 Å². The van der Waals surface area contributed by atoms with Crippen LogP contribution in [0.2, 0.25) is 0 Å². The van der Waals surface area contributed by atoms with Crippen molar-refractivity contribution in [3.8, 4) is 5.75 Å². The summed E-state index contributed by atoms with van der Waals surface area (Å²) in [5.41, 5.74) is 10.2. The SMILES string of the molecule is NC(=O)COc1ccc([C@@H]2[NH2+]CCc3c2[nH]c2ccccc32)cc1. The molecule has 24 heavy (non-hydrogen) atoms. The number of H-pyrrole nitrogens is 1. The lowest BCUT2D eigenvalue weighted by molar-refractivity contribution is -0.690. The van der Waals surface area contributed by atoms with Crippen LogP contribution in [0.5, 0.6) is 5.75 Å². The molecule has 1 aliphatic rings. The van der Waals surface area contributed by atoms with Gasteiger partial charge in [0.25, 0.3) is 5.91 Å². The Morgan fingerprint density at radius 3 is 2.79 bits per heavy atom. The van der Waals surface area contributed by atoms with Gasteiger partial charge in [0, 0.05) is 22.9 Å². The Morgan fingerprint density at radius 1 is 1.21 bits per heavy atom. The Hall–Kier alpha value is -2.79. The van der Waals surface area contributed by atoms with Crippen LogP contribution >= 0.6 is 0 Å². The van der Waals surface area contributed by atoms with Crippen LogP contribution in [0.1, 0.15) is 22.9 Å². The zero-order chi connectivity index (χ0) is 16.5. The molecule has 0 unspecified atom stereocenters. The average Bonchev–Trinajstić information content (AvgIpc) is 2.99. The summed E-state index contributed by atoms with van der Waals surface area (Å²) in [7, 11) is 0. The zero-order valence-electron chi connectivity index (χ0n) is 13.3. The lowest BCUT2D eigenvalue weighted by Crippen LogP contribution is -2.87. The molecular formula is C19H20N3O2+. The van der Waals surface area contributed by atoms with Gasteiger partial charge in [-0.1, -0.05) is 18.2 Å². The smallest absolute Gasteiger partial charge is 0.255 e. The maximum Gasteiger partial charge on any atom is 0.255 e. The van der Waals surface area contributed by atoms with Gasteiger partial charge in [0.05, 0.1) is 12.2 Å². The second kappa shape index (κ2) is 6.02. The summed E-state index contributed by atoms with van der Waals surface area (Å²) < 4.78 is 5.33. The molecule has 0 saturated heterocycles. The van der Waals surface area contributed by atoms with Gasteiger partial charge in [-0.3, -0.25) is 4.79 Å². The summed E-state index contributed by atoms with van der Waals surface area (Å²) in [5, 5.41) is 3.68. The molecule has 5 heteroatoms. The Bertz CT molecular complexity index is 883. The van der Waals surface area contributed by atoms with E-state index in [-0.39, 0.29) is 12.6 Å². The highest BCUT2D eigenvalue weighted by Crippen LogP contribution is 2.31. The Balaban J connectivity index is 1.65. The summed E-state index contributed by atoms with van der Waals surface area (Å²) in [6.45, 7) is 0.973. The van der Waals surface area contributed by atoms with Crippen molar-refractivity contribution in [2.75, 3.05) is 13.2 Å². The predicted octanol–water partition coefficient (Wildman–Crippen LogP) is 1.24. The maximum absolute atomic E-state index is 10.8. The van der Waals surface area contributed by atoms with Gasteiger partial charge >= 0.3 is 0 Å². The molecule has 1 aliphatic heterocycles. The van der Waals surface area contributed by atoms with Crippen molar-refractivity contribution in [2.24, 2.45) is 5.73 Å². The van der Waals surface area contributed by atoms with Crippen LogP contribution in [-0.4, -0.2) is 24.0 Å². The second-order valence-corrected chi connectivity index (χ2v) is 6.14. The fraction of sp³-hybridized carbons (Fsp3) is 0.211. The van der Waals surface area contributed by atoms with Gasteiger partial charge in [0.15, 0.2) is 12.6 Å². The molecule has 2 heterocycles. The van der Waals surface area contributed by atoms with Gasteiger partial charge in [-0.15, -0.1) is 0 Å². The van der Waals surface area contributed by atoms with Gasteiger partial charge < -0.3 is 20.8 Å². The van der Waals surface area contributed by atoms with Crippen molar-refractivity contribution in [1.82, 2.24) is 4.98 Å². The number of carbonyl (C=O) groups excluding carboxylic acids is 1. The minimum absolute atomic E-state index is 0.0962. The van der Waals surface area contributed by atoms with Crippen molar-refractivity contribution in [3.63, 3.8) is 0 Å². The molecule has 3 aromatic rings. The van der Waals surface area contributed by atoms with Crippen LogP contribution in [0, 0.1) is 0 Å². The number of benzene rings is 2. The molecule has 4 rings (SSSR count). The van der Waals surface area contributed by atoms with E-state index >= 15 is 0 Å². The van der Waals surface area contributed by atoms with Crippen LogP contribution in [-0.2, 0) is 11.2 Å². The summed E-state index contributed by atoms with van der Waals surface area (Å²) in [4.78, 5) is 14.4. The second-order valence-electron chi connectivity index (χ2n) is 6.14. The van der Waals surface area contributed by atoms with Crippen molar-refractivity contribution < 1.29 is 14.8 Å². The number of ether oxygens (including phenoxy) is 1. The molecule has 1 aromatic heterocycles. The Kier molecular flexibility index (Phi) is 3.70.